The number of hydrogen-bond donors (Lipinski definition) is 3. The van der Waals surface area contributed by atoms with Crippen LogP contribution in [-0.4, -0.2) is 62.4 Å². The molecule has 0 spiro atoms. The molecule has 4 N–H and O–H groups in total. The minimum atomic E-state index is -2.77. The van der Waals surface area contributed by atoms with Crippen LogP contribution in [0, 0.1) is 0 Å². The van der Waals surface area contributed by atoms with Crippen molar-refractivity contribution in [3.05, 3.63) is 57.5 Å². The molecule has 1 fully saturated rings. The monoisotopic (exact) mass is 551 g/mol. The predicted molar refractivity (Wildman–Crippen MR) is 130 cm³/mol. The van der Waals surface area contributed by atoms with Gasteiger partial charge in [-0.3, -0.25) is 9.09 Å². The Morgan fingerprint density at radius 3 is 2.68 bits per heavy atom. The topological polar surface area (TPSA) is 240 Å². The average Bonchev–Trinajstić information content (AvgIpc) is 3.09. The van der Waals surface area contributed by atoms with Crippen LogP contribution in [0.25, 0.3) is 10.4 Å². The minimum absolute atomic E-state index is 0.0208. The smallest absolute Gasteiger partial charge is 0.395 e. The second-order valence-corrected chi connectivity index (χ2v) is 9.32. The predicted octanol–water partition coefficient (Wildman–Crippen LogP) is 0.738. The van der Waals surface area contributed by atoms with Crippen molar-refractivity contribution in [2.24, 2.45) is 9.86 Å². The molecule has 2 aromatic rings. The quantitative estimate of drug-likeness (QED) is 0.122. The number of aromatic nitrogens is 2. The zero-order valence-corrected chi connectivity index (χ0v) is 21.5. The first-order chi connectivity index (χ1) is 17.9. The molecule has 1 aliphatic rings. The van der Waals surface area contributed by atoms with Crippen LogP contribution in [0.5, 0.6) is 11.5 Å². The molecule has 0 radical (unpaired) electrons. The number of esters is 1. The number of carbonyl (C=O) groups is 1. The fourth-order valence-corrected chi connectivity index (χ4v) is 4.25. The van der Waals surface area contributed by atoms with Crippen molar-refractivity contribution in [3.63, 3.8) is 0 Å². The van der Waals surface area contributed by atoms with Crippen molar-refractivity contribution in [2.75, 3.05) is 18.9 Å². The SMILES string of the molecule is CCOC(=O)C(C)(C)N=[P+]([O-])Oc1ccccc1OC[C@@]1(N=[N+]=[N-])O[C@@H](n2ccc(N)nc2=O)[C@H](O)[C@@H]1O. The summed E-state index contributed by atoms with van der Waals surface area (Å²) in [6.07, 6.45) is -3.86. The van der Waals surface area contributed by atoms with E-state index in [0.717, 1.165) is 4.57 Å². The molecule has 0 aliphatic carbocycles. The molecule has 1 aromatic carbocycles. The first kappa shape index (κ1) is 28.8. The Kier molecular flexibility index (Phi) is 8.89. The van der Waals surface area contributed by atoms with Crippen LogP contribution >= 0.6 is 8.17 Å². The van der Waals surface area contributed by atoms with Gasteiger partial charge in [-0.2, -0.15) is 4.98 Å². The highest BCUT2D eigenvalue weighted by Gasteiger charge is 2.56. The van der Waals surface area contributed by atoms with E-state index in [4.69, 9.17) is 30.0 Å². The van der Waals surface area contributed by atoms with Crippen molar-refractivity contribution in [1.29, 1.82) is 0 Å². The van der Waals surface area contributed by atoms with Gasteiger partial charge in [-0.1, -0.05) is 22.0 Å². The maximum atomic E-state index is 12.6. The Balaban J connectivity index is 1.84. The van der Waals surface area contributed by atoms with Gasteiger partial charge in [0.05, 0.1) is 6.61 Å². The molecule has 0 amide bonds. The van der Waals surface area contributed by atoms with Crippen LogP contribution in [-0.2, 0) is 14.3 Å². The fraction of sp³-hybridized carbons (Fsp3) is 0.476. The summed E-state index contributed by atoms with van der Waals surface area (Å²) >= 11 is 0. The summed E-state index contributed by atoms with van der Waals surface area (Å²) in [5, 5.41) is 24.8. The van der Waals surface area contributed by atoms with Gasteiger partial charge in [0.15, 0.2) is 17.5 Å². The number of hydrogen-bond acceptors (Lipinski definition) is 13. The molecule has 1 saturated heterocycles. The standard InChI is InChI=1S/C21H26N7O9P/c1-4-34-18(31)20(2,3)26-38(33)37-13-8-6-5-7-12(13)35-11-21(25-27-23)16(30)15(29)17(36-21)28-10-9-14(22)24-19(28)32/h5-10,15-17,29-30H,4,11H2,1-3H3,(H2,22,24,32)/t15-,16+,17-,21-/m1/s1. The van der Waals surface area contributed by atoms with Crippen molar-refractivity contribution in [3.8, 4) is 11.5 Å². The second kappa shape index (κ2) is 11.7. The number of carbonyl (C=O) groups excluding carboxylic acids is 1. The molecule has 38 heavy (non-hydrogen) atoms. The van der Waals surface area contributed by atoms with Crippen LogP contribution in [0.3, 0.4) is 0 Å². The number of rotatable bonds is 10. The van der Waals surface area contributed by atoms with Crippen LogP contribution in [0.15, 0.2) is 51.2 Å². The largest absolute Gasteiger partial charge is 0.575 e. The Labute approximate surface area is 216 Å². The average molecular weight is 551 g/mol. The maximum absolute atomic E-state index is 12.6. The summed E-state index contributed by atoms with van der Waals surface area (Å²) in [5.74, 6) is -0.843. The van der Waals surface area contributed by atoms with Gasteiger partial charge < -0.3 is 35.1 Å². The summed E-state index contributed by atoms with van der Waals surface area (Å²) in [6.45, 7) is 3.90. The van der Waals surface area contributed by atoms with E-state index in [2.05, 4.69) is 19.8 Å². The molecule has 5 atom stereocenters. The van der Waals surface area contributed by atoms with Gasteiger partial charge in [0, 0.05) is 11.1 Å². The molecule has 2 heterocycles. The van der Waals surface area contributed by atoms with E-state index in [-0.39, 0.29) is 23.9 Å². The van der Waals surface area contributed by atoms with E-state index in [1.165, 1.54) is 38.2 Å². The van der Waals surface area contributed by atoms with Crippen LogP contribution < -0.4 is 25.6 Å². The fourth-order valence-electron chi connectivity index (χ4n) is 3.40. The van der Waals surface area contributed by atoms with E-state index < -0.39 is 56.1 Å². The van der Waals surface area contributed by atoms with Gasteiger partial charge >= 0.3 is 19.8 Å². The molecule has 16 nitrogen and oxygen atoms in total. The van der Waals surface area contributed by atoms with Crippen LogP contribution in [0.4, 0.5) is 5.82 Å². The first-order valence-corrected chi connectivity index (χ1v) is 12.3. The van der Waals surface area contributed by atoms with Gasteiger partial charge in [0.1, 0.15) is 24.6 Å². The van der Waals surface area contributed by atoms with Gasteiger partial charge in [0.25, 0.3) is 0 Å². The third kappa shape index (κ3) is 6.19. The molecule has 1 aromatic heterocycles. The van der Waals surface area contributed by atoms with Crippen molar-refractivity contribution in [2.45, 2.75) is 50.5 Å². The van der Waals surface area contributed by atoms with Crippen LogP contribution in [0.2, 0.25) is 0 Å². The number of nitrogens with zero attached hydrogens (tertiary/aromatic N) is 6. The van der Waals surface area contributed by atoms with E-state index in [0.29, 0.717) is 0 Å². The second-order valence-electron chi connectivity index (χ2n) is 8.46. The number of aliphatic hydroxyl groups is 2. The number of aliphatic hydroxyl groups excluding tert-OH is 2. The van der Waals surface area contributed by atoms with E-state index in [1.54, 1.807) is 19.1 Å². The lowest BCUT2D eigenvalue weighted by Crippen LogP contribution is -2.46. The maximum Gasteiger partial charge on any atom is 0.395 e. The zero-order valence-electron chi connectivity index (χ0n) is 20.6. The summed E-state index contributed by atoms with van der Waals surface area (Å²) in [5.41, 5.74) is 10.1. The molecule has 204 valence electrons. The Bertz CT molecular complexity index is 1310. The molecule has 1 aliphatic heterocycles. The Morgan fingerprint density at radius 1 is 1.37 bits per heavy atom. The lowest BCUT2D eigenvalue weighted by molar-refractivity contribution is -0.170. The molecule has 0 bridgehead atoms. The normalized spacial score (nSPS) is 23.4. The summed E-state index contributed by atoms with van der Waals surface area (Å²) < 4.78 is 26.3. The van der Waals surface area contributed by atoms with E-state index in [9.17, 15) is 24.7 Å². The summed E-state index contributed by atoms with van der Waals surface area (Å²) in [7, 11) is -2.77. The third-order valence-corrected chi connectivity index (χ3v) is 6.33. The number of azide groups is 1. The number of nitrogen functional groups attached to an aromatic ring is 1. The Morgan fingerprint density at radius 2 is 2.05 bits per heavy atom. The summed E-state index contributed by atoms with van der Waals surface area (Å²) in [4.78, 5) is 43.1. The van der Waals surface area contributed by atoms with Gasteiger partial charge in [0.2, 0.25) is 11.5 Å². The lowest BCUT2D eigenvalue weighted by Gasteiger charge is -2.26. The lowest BCUT2D eigenvalue weighted by atomic mass is 10.1. The Hall–Kier alpha value is -3.78. The van der Waals surface area contributed by atoms with Crippen molar-refractivity contribution >= 4 is 20.0 Å². The van der Waals surface area contributed by atoms with Gasteiger partial charge in [-0.05, 0) is 44.5 Å². The highest BCUT2D eigenvalue weighted by Crippen LogP contribution is 2.40. The van der Waals surface area contributed by atoms with E-state index >= 15 is 0 Å². The van der Waals surface area contributed by atoms with Gasteiger partial charge in [-0.15, -0.1) is 0 Å². The highest BCUT2D eigenvalue weighted by molar-refractivity contribution is 7.34. The van der Waals surface area contributed by atoms with Crippen molar-refractivity contribution < 1.29 is 38.6 Å². The number of benzene rings is 1. The number of nitrogens with two attached hydrogens (primary N) is 1. The minimum Gasteiger partial charge on any atom is -0.575 e. The van der Waals surface area contributed by atoms with Crippen LogP contribution in [0.1, 0.15) is 27.0 Å². The number of anilines is 1. The molecule has 3 rings (SSSR count). The third-order valence-electron chi connectivity index (χ3n) is 5.31. The molecule has 1 unspecified atom stereocenters. The highest BCUT2D eigenvalue weighted by atomic mass is 31.1. The number of ether oxygens (including phenoxy) is 3. The molecular weight excluding hydrogens is 525 g/mol. The van der Waals surface area contributed by atoms with Crippen molar-refractivity contribution in [1.82, 2.24) is 9.55 Å². The van der Waals surface area contributed by atoms with E-state index in [1.807, 2.05) is 0 Å². The molecule has 17 heteroatoms. The molecule has 0 saturated carbocycles. The first-order valence-electron chi connectivity index (χ1n) is 11.2. The molecular formula is C21H26N7O9P. The zero-order chi connectivity index (χ0) is 28.1. The number of para-hydroxylation sites is 2. The summed E-state index contributed by atoms with van der Waals surface area (Å²) in [6, 6.07) is 7.20. The van der Waals surface area contributed by atoms with Gasteiger partial charge in [-0.25, -0.2) is 9.59 Å².